The van der Waals surface area contributed by atoms with Gasteiger partial charge in [-0.1, -0.05) is 0 Å². The summed E-state index contributed by atoms with van der Waals surface area (Å²) < 4.78 is 11.0. The van der Waals surface area contributed by atoms with Gasteiger partial charge in [-0.2, -0.15) is 0 Å². The zero-order valence-corrected chi connectivity index (χ0v) is 12.8. The van der Waals surface area contributed by atoms with Crippen LogP contribution in [0.15, 0.2) is 18.2 Å². The highest BCUT2D eigenvalue weighted by molar-refractivity contribution is 5.94. The fraction of sp³-hybridized carbons (Fsp3) is 0.562. The lowest BCUT2D eigenvalue weighted by Crippen LogP contribution is -2.29. The molecule has 1 amide bonds. The number of benzene rings is 1. The van der Waals surface area contributed by atoms with Crippen molar-refractivity contribution in [1.82, 2.24) is 5.32 Å². The highest BCUT2D eigenvalue weighted by atomic mass is 16.5. The van der Waals surface area contributed by atoms with Gasteiger partial charge < -0.3 is 20.1 Å². The first-order valence-corrected chi connectivity index (χ1v) is 7.63. The first-order chi connectivity index (χ1) is 10.2. The maximum absolute atomic E-state index is 12.0. The summed E-state index contributed by atoms with van der Waals surface area (Å²) in [5, 5.41) is 6.06. The molecule has 2 rings (SSSR count). The highest BCUT2D eigenvalue weighted by Crippen LogP contribution is 2.29. The normalized spacial score (nSPS) is 13.8. The Balaban J connectivity index is 1.93. The Bertz CT molecular complexity index is 473. The van der Waals surface area contributed by atoms with Crippen molar-refractivity contribution in [2.24, 2.45) is 5.92 Å². The fourth-order valence-electron chi connectivity index (χ4n) is 2.05. The molecule has 5 heteroatoms. The van der Waals surface area contributed by atoms with Crippen molar-refractivity contribution in [2.45, 2.75) is 26.7 Å². The second-order valence-electron chi connectivity index (χ2n) is 5.15. The number of carbonyl (C=O) groups is 1. The number of hydrogen-bond donors (Lipinski definition) is 2. The third kappa shape index (κ3) is 5.27. The van der Waals surface area contributed by atoms with E-state index in [-0.39, 0.29) is 5.91 Å². The first-order valence-electron chi connectivity index (χ1n) is 7.63. The lowest BCUT2D eigenvalue weighted by Gasteiger charge is -2.13. The van der Waals surface area contributed by atoms with Gasteiger partial charge in [0.2, 0.25) is 5.91 Å². The number of nitrogens with one attached hydrogen (secondary N) is 2. The molecule has 0 radical (unpaired) electrons. The van der Waals surface area contributed by atoms with Crippen LogP contribution < -0.4 is 20.1 Å². The summed E-state index contributed by atoms with van der Waals surface area (Å²) in [6, 6.07) is 5.46. The molecule has 0 atom stereocenters. The van der Waals surface area contributed by atoms with E-state index in [1.54, 1.807) is 6.07 Å². The molecule has 1 aliphatic rings. The topological polar surface area (TPSA) is 59.6 Å². The predicted octanol–water partition coefficient (Wildman–Crippen LogP) is 2.42. The van der Waals surface area contributed by atoms with Crippen molar-refractivity contribution >= 4 is 11.6 Å². The Kier molecular flexibility index (Phi) is 5.87. The number of rotatable bonds is 9. The third-order valence-corrected chi connectivity index (χ3v) is 3.25. The molecular weight excluding hydrogens is 268 g/mol. The van der Waals surface area contributed by atoms with Gasteiger partial charge in [0.15, 0.2) is 0 Å². The van der Waals surface area contributed by atoms with Crippen molar-refractivity contribution in [2.75, 3.05) is 31.6 Å². The average Bonchev–Trinajstić information content (AvgIpc) is 3.26. The molecule has 0 bridgehead atoms. The van der Waals surface area contributed by atoms with Crippen LogP contribution >= 0.6 is 0 Å². The van der Waals surface area contributed by atoms with E-state index in [4.69, 9.17) is 9.47 Å². The van der Waals surface area contributed by atoms with Gasteiger partial charge in [0.1, 0.15) is 11.5 Å². The summed E-state index contributed by atoms with van der Waals surface area (Å²) >= 11 is 0. The van der Waals surface area contributed by atoms with E-state index in [1.807, 2.05) is 26.0 Å². The first kappa shape index (κ1) is 15.6. The van der Waals surface area contributed by atoms with Crippen LogP contribution in [0.1, 0.15) is 26.7 Å². The van der Waals surface area contributed by atoms with Crippen LogP contribution in [0.2, 0.25) is 0 Å². The van der Waals surface area contributed by atoms with Gasteiger partial charge in [-0.15, -0.1) is 0 Å². The maximum atomic E-state index is 12.0. The Morgan fingerprint density at radius 3 is 2.67 bits per heavy atom. The molecule has 0 saturated heterocycles. The Morgan fingerprint density at radius 1 is 1.24 bits per heavy atom. The number of hydrogen-bond acceptors (Lipinski definition) is 4. The van der Waals surface area contributed by atoms with Crippen molar-refractivity contribution in [3.05, 3.63) is 18.2 Å². The molecule has 0 aromatic heterocycles. The van der Waals surface area contributed by atoms with E-state index in [9.17, 15) is 4.79 Å². The molecule has 1 fully saturated rings. The second kappa shape index (κ2) is 7.88. The Hall–Kier alpha value is -1.75. The maximum Gasteiger partial charge on any atom is 0.238 e. The van der Waals surface area contributed by atoms with Gasteiger partial charge in [-0.05, 0) is 51.3 Å². The summed E-state index contributed by atoms with van der Waals surface area (Å²) in [6.07, 6.45) is 2.55. The van der Waals surface area contributed by atoms with Crippen LogP contribution in [0.4, 0.5) is 5.69 Å². The monoisotopic (exact) mass is 292 g/mol. The molecule has 2 N–H and O–H groups in total. The lowest BCUT2D eigenvalue weighted by molar-refractivity contribution is -0.115. The van der Waals surface area contributed by atoms with Crippen molar-refractivity contribution < 1.29 is 14.3 Å². The van der Waals surface area contributed by atoms with Gasteiger partial charge in [-0.3, -0.25) is 4.79 Å². The molecule has 1 aromatic rings. The van der Waals surface area contributed by atoms with E-state index >= 15 is 0 Å². The summed E-state index contributed by atoms with van der Waals surface area (Å²) in [5.41, 5.74) is 0.654. The van der Waals surface area contributed by atoms with Gasteiger partial charge >= 0.3 is 0 Å². The minimum absolute atomic E-state index is 0.0646. The van der Waals surface area contributed by atoms with Crippen LogP contribution in [0.5, 0.6) is 11.5 Å². The average molecular weight is 292 g/mol. The highest BCUT2D eigenvalue weighted by Gasteiger charge is 2.20. The molecule has 0 spiro atoms. The van der Waals surface area contributed by atoms with Crippen molar-refractivity contribution in [1.29, 1.82) is 0 Å². The van der Waals surface area contributed by atoms with E-state index in [0.717, 1.165) is 18.2 Å². The third-order valence-electron chi connectivity index (χ3n) is 3.25. The van der Waals surface area contributed by atoms with E-state index < -0.39 is 0 Å². The molecule has 21 heavy (non-hydrogen) atoms. The smallest absolute Gasteiger partial charge is 0.238 e. The molecule has 1 aliphatic carbocycles. The zero-order chi connectivity index (χ0) is 15.1. The molecule has 1 saturated carbocycles. The molecule has 1 aromatic carbocycles. The summed E-state index contributed by atoms with van der Waals surface area (Å²) in [5.74, 6) is 2.09. The van der Waals surface area contributed by atoms with Gasteiger partial charge in [0, 0.05) is 6.07 Å². The number of amides is 1. The summed E-state index contributed by atoms with van der Waals surface area (Å²) in [7, 11) is 0. The van der Waals surface area contributed by atoms with Crippen molar-refractivity contribution in [3.8, 4) is 11.5 Å². The minimum Gasteiger partial charge on any atom is -0.494 e. The second-order valence-corrected chi connectivity index (χ2v) is 5.15. The predicted molar refractivity (Wildman–Crippen MR) is 83.0 cm³/mol. The van der Waals surface area contributed by atoms with E-state index in [1.165, 1.54) is 12.8 Å². The largest absolute Gasteiger partial charge is 0.494 e. The Morgan fingerprint density at radius 2 is 2.00 bits per heavy atom. The standard InChI is InChI=1S/C16H24N2O3/c1-3-20-13-7-8-15(21-4-2)14(9-13)18-16(19)11-17-10-12-5-6-12/h7-9,12,17H,3-6,10-11H2,1-2H3,(H,18,19). The Labute approximate surface area is 126 Å². The van der Waals surface area contributed by atoms with E-state index in [2.05, 4.69) is 10.6 Å². The minimum atomic E-state index is -0.0646. The van der Waals surface area contributed by atoms with Crippen LogP contribution in [0.25, 0.3) is 0 Å². The van der Waals surface area contributed by atoms with Crippen LogP contribution in [-0.4, -0.2) is 32.2 Å². The van der Waals surface area contributed by atoms with Crippen LogP contribution in [0.3, 0.4) is 0 Å². The van der Waals surface area contributed by atoms with Crippen LogP contribution in [-0.2, 0) is 4.79 Å². The lowest BCUT2D eigenvalue weighted by atomic mass is 10.2. The molecule has 0 heterocycles. The van der Waals surface area contributed by atoms with Gasteiger partial charge in [0.25, 0.3) is 0 Å². The fourth-order valence-corrected chi connectivity index (χ4v) is 2.05. The summed E-state index contributed by atoms with van der Waals surface area (Å²) in [6.45, 7) is 6.22. The van der Waals surface area contributed by atoms with E-state index in [0.29, 0.717) is 31.2 Å². The number of anilines is 1. The molecule has 0 aliphatic heterocycles. The summed E-state index contributed by atoms with van der Waals surface area (Å²) in [4.78, 5) is 12.0. The SMILES string of the molecule is CCOc1ccc(OCC)c(NC(=O)CNCC2CC2)c1. The zero-order valence-electron chi connectivity index (χ0n) is 12.8. The molecule has 116 valence electrons. The molecule has 5 nitrogen and oxygen atoms in total. The number of carbonyl (C=O) groups excluding carboxylic acids is 1. The van der Waals surface area contributed by atoms with Crippen LogP contribution in [0, 0.1) is 5.92 Å². The van der Waals surface area contributed by atoms with Crippen molar-refractivity contribution in [3.63, 3.8) is 0 Å². The molecule has 0 unspecified atom stereocenters. The quantitative estimate of drug-likeness (QED) is 0.734. The number of ether oxygens (including phenoxy) is 2. The van der Waals surface area contributed by atoms with Gasteiger partial charge in [0.05, 0.1) is 25.4 Å². The van der Waals surface area contributed by atoms with Gasteiger partial charge in [-0.25, -0.2) is 0 Å². The molecular formula is C16H24N2O3.